The summed E-state index contributed by atoms with van der Waals surface area (Å²) in [6, 6.07) is 3.87. The largest absolute Gasteiger partial charge is 0.347 e. The van der Waals surface area contributed by atoms with Crippen molar-refractivity contribution in [3.63, 3.8) is 0 Å². The zero-order valence-corrected chi connectivity index (χ0v) is 16.5. The van der Waals surface area contributed by atoms with Crippen LogP contribution in [0.5, 0.6) is 0 Å². The van der Waals surface area contributed by atoms with Crippen molar-refractivity contribution < 1.29 is 9.18 Å². The van der Waals surface area contributed by atoms with Crippen molar-refractivity contribution in [3.8, 4) is 0 Å². The molecule has 1 amide bonds. The molecule has 27 heavy (non-hydrogen) atoms. The second kappa shape index (κ2) is 7.47. The van der Waals surface area contributed by atoms with Gasteiger partial charge >= 0.3 is 0 Å². The quantitative estimate of drug-likeness (QED) is 0.690. The second-order valence-corrected chi connectivity index (χ2v) is 7.35. The van der Waals surface area contributed by atoms with Gasteiger partial charge in [0.05, 0.1) is 17.4 Å². The molecule has 3 aromatic rings. The Kier molecular flexibility index (Phi) is 5.26. The summed E-state index contributed by atoms with van der Waals surface area (Å²) in [6.45, 7) is 6.18. The van der Waals surface area contributed by atoms with Crippen LogP contribution in [0, 0.1) is 12.7 Å². The molecule has 3 rings (SSSR count). The van der Waals surface area contributed by atoms with E-state index in [4.69, 9.17) is 0 Å². The first-order chi connectivity index (χ1) is 12.8. The summed E-state index contributed by atoms with van der Waals surface area (Å²) >= 11 is 0. The van der Waals surface area contributed by atoms with E-state index in [1.807, 2.05) is 22.9 Å². The number of aromatic nitrogens is 3. The van der Waals surface area contributed by atoms with Gasteiger partial charge < -0.3 is 9.47 Å². The molecule has 142 valence electrons. The number of hydrogen-bond donors (Lipinski definition) is 0. The highest BCUT2D eigenvalue weighted by atomic mass is 19.1. The van der Waals surface area contributed by atoms with Crippen molar-refractivity contribution in [1.29, 1.82) is 0 Å². The van der Waals surface area contributed by atoms with Crippen molar-refractivity contribution in [3.05, 3.63) is 59.1 Å². The molecule has 3 aromatic heterocycles. The van der Waals surface area contributed by atoms with Gasteiger partial charge in [-0.15, -0.1) is 0 Å². The molecule has 0 saturated heterocycles. The SMILES string of the molecule is Cc1c(F)cnc(C(C)C)c1Cc1nccc2c1ccn2CC(=O)N(C)C. The van der Waals surface area contributed by atoms with Crippen molar-refractivity contribution in [2.75, 3.05) is 14.1 Å². The first-order valence-electron chi connectivity index (χ1n) is 9.06. The number of halogens is 1. The summed E-state index contributed by atoms with van der Waals surface area (Å²) in [5, 5.41) is 0.974. The summed E-state index contributed by atoms with van der Waals surface area (Å²) < 4.78 is 16.1. The molecule has 5 nitrogen and oxygen atoms in total. The van der Waals surface area contributed by atoms with Gasteiger partial charge in [0, 0.05) is 44.0 Å². The molecule has 0 unspecified atom stereocenters. The molecular formula is C21H25FN4O. The normalized spacial score (nSPS) is 11.4. The zero-order valence-electron chi connectivity index (χ0n) is 16.5. The summed E-state index contributed by atoms with van der Waals surface area (Å²) in [5.74, 6) is -0.0744. The lowest BCUT2D eigenvalue weighted by molar-refractivity contribution is -0.129. The minimum Gasteiger partial charge on any atom is -0.347 e. The summed E-state index contributed by atoms with van der Waals surface area (Å²) in [6.07, 6.45) is 5.45. The summed E-state index contributed by atoms with van der Waals surface area (Å²) in [5.41, 5.74) is 4.22. The van der Waals surface area contributed by atoms with Crippen molar-refractivity contribution in [2.45, 2.75) is 39.7 Å². The third kappa shape index (κ3) is 3.70. The monoisotopic (exact) mass is 368 g/mol. The lowest BCUT2D eigenvalue weighted by atomic mass is 9.95. The van der Waals surface area contributed by atoms with Crippen LogP contribution >= 0.6 is 0 Å². The van der Waals surface area contributed by atoms with Gasteiger partial charge in [-0.1, -0.05) is 13.8 Å². The lowest BCUT2D eigenvalue weighted by Crippen LogP contribution is -2.25. The van der Waals surface area contributed by atoms with Crippen LogP contribution in [0.15, 0.2) is 30.7 Å². The Morgan fingerprint density at radius 2 is 2.00 bits per heavy atom. The minimum absolute atomic E-state index is 0.0260. The highest BCUT2D eigenvalue weighted by Gasteiger charge is 2.17. The van der Waals surface area contributed by atoms with E-state index in [0.29, 0.717) is 12.0 Å². The first kappa shape index (κ1) is 19.0. The van der Waals surface area contributed by atoms with E-state index >= 15 is 0 Å². The van der Waals surface area contributed by atoms with Crippen LogP contribution in [0.25, 0.3) is 10.9 Å². The highest BCUT2D eigenvalue weighted by Crippen LogP contribution is 2.27. The molecule has 0 aliphatic heterocycles. The van der Waals surface area contributed by atoms with Crippen LogP contribution < -0.4 is 0 Å². The number of hydrogen-bond acceptors (Lipinski definition) is 3. The number of carbonyl (C=O) groups is 1. The molecule has 0 radical (unpaired) electrons. The molecule has 0 fully saturated rings. The number of nitrogens with zero attached hydrogens (tertiary/aromatic N) is 4. The summed E-state index contributed by atoms with van der Waals surface area (Å²) in [4.78, 5) is 22.5. The van der Waals surface area contributed by atoms with Crippen molar-refractivity contribution in [2.24, 2.45) is 0 Å². The third-order valence-corrected chi connectivity index (χ3v) is 4.91. The van der Waals surface area contributed by atoms with Gasteiger partial charge in [-0.25, -0.2) is 4.39 Å². The standard InChI is InChI=1S/C21H25FN4O/c1-13(2)21-16(14(3)17(22)11-24-21)10-18-15-7-9-26(12-20(27)25(4)5)19(15)6-8-23-18/h6-9,11,13H,10,12H2,1-5H3. The minimum atomic E-state index is -0.296. The maximum atomic E-state index is 14.1. The Hall–Kier alpha value is -2.76. The molecule has 0 aromatic carbocycles. The first-order valence-corrected chi connectivity index (χ1v) is 9.06. The Bertz CT molecular complexity index is 991. The fraction of sp³-hybridized carbons (Fsp3) is 0.381. The smallest absolute Gasteiger partial charge is 0.241 e. The van der Waals surface area contributed by atoms with Crippen LogP contribution in [0.1, 0.15) is 42.3 Å². The predicted molar refractivity (Wildman–Crippen MR) is 104 cm³/mol. The van der Waals surface area contributed by atoms with E-state index in [1.54, 1.807) is 32.1 Å². The Morgan fingerprint density at radius 3 is 2.67 bits per heavy atom. The van der Waals surface area contributed by atoms with Gasteiger partial charge in [0.15, 0.2) is 0 Å². The van der Waals surface area contributed by atoms with Crippen LogP contribution in [0.4, 0.5) is 4.39 Å². The van der Waals surface area contributed by atoms with Crippen LogP contribution in [-0.4, -0.2) is 39.4 Å². The third-order valence-electron chi connectivity index (χ3n) is 4.91. The molecule has 0 spiro atoms. The zero-order chi connectivity index (χ0) is 19.7. The van der Waals surface area contributed by atoms with Crippen molar-refractivity contribution >= 4 is 16.8 Å². The number of pyridine rings is 2. The molecule has 0 saturated carbocycles. The average molecular weight is 368 g/mol. The van der Waals surface area contributed by atoms with E-state index < -0.39 is 0 Å². The number of carbonyl (C=O) groups excluding carboxylic acids is 1. The Balaban J connectivity index is 2.04. The molecule has 6 heteroatoms. The fourth-order valence-corrected chi connectivity index (χ4v) is 3.27. The van der Waals surface area contributed by atoms with E-state index in [2.05, 4.69) is 23.8 Å². The van der Waals surface area contributed by atoms with Gasteiger partial charge in [0.2, 0.25) is 5.91 Å². The number of fused-ring (bicyclic) bond motifs is 1. The Labute approximate surface area is 158 Å². The Morgan fingerprint density at radius 1 is 1.26 bits per heavy atom. The van der Waals surface area contributed by atoms with Gasteiger partial charge in [-0.2, -0.15) is 0 Å². The van der Waals surface area contributed by atoms with Gasteiger partial charge in [0.25, 0.3) is 0 Å². The number of amides is 1. The van der Waals surface area contributed by atoms with Gasteiger partial charge in [0.1, 0.15) is 12.4 Å². The fourth-order valence-electron chi connectivity index (χ4n) is 3.27. The van der Waals surface area contributed by atoms with E-state index in [9.17, 15) is 9.18 Å². The average Bonchev–Trinajstić information content (AvgIpc) is 3.02. The van der Waals surface area contributed by atoms with Crippen LogP contribution in [0.3, 0.4) is 0 Å². The number of rotatable bonds is 5. The van der Waals surface area contributed by atoms with Crippen molar-refractivity contribution in [1.82, 2.24) is 19.4 Å². The maximum absolute atomic E-state index is 14.1. The molecule has 0 aliphatic carbocycles. The van der Waals surface area contributed by atoms with Crippen LogP contribution in [-0.2, 0) is 17.8 Å². The molecule has 0 N–H and O–H groups in total. The van der Waals surface area contributed by atoms with E-state index in [1.165, 1.54) is 6.20 Å². The second-order valence-electron chi connectivity index (χ2n) is 7.35. The topological polar surface area (TPSA) is 51.0 Å². The molecule has 3 heterocycles. The lowest BCUT2D eigenvalue weighted by Gasteiger charge is -2.15. The highest BCUT2D eigenvalue weighted by molar-refractivity contribution is 5.85. The molecular weight excluding hydrogens is 343 g/mol. The molecule has 0 aliphatic rings. The van der Waals surface area contributed by atoms with Crippen LogP contribution in [0.2, 0.25) is 0 Å². The number of likely N-dealkylation sites (N-methyl/N-ethyl adjacent to an activating group) is 1. The van der Waals surface area contributed by atoms with Gasteiger partial charge in [-0.3, -0.25) is 14.8 Å². The van der Waals surface area contributed by atoms with E-state index in [0.717, 1.165) is 27.9 Å². The summed E-state index contributed by atoms with van der Waals surface area (Å²) in [7, 11) is 3.49. The predicted octanol–water partition coefficient (Wildman–Crippen LogP) is 3.68. The maximum Gasteiger partial charge on any atom is 0.241 e. The molecule has 0 atom stereocenters. The van der Waals surface area contributed by atoms with E-state index in [-0.39, 0.29) is 24.2 Å². The van der Waals surface area contributed by atoms with Gasteiger partial charge in [-0.05, 0) is 36.1 Å². The molecule has 0 bridgehead atoms.